The lowest BCUT2D eigenvalue weighted by atomic mass is 9.80. The van der Waals surface area contributed by atoms with E-state index >= 15 is 0 Å². The molecule has 10 nitrogen and oxygen atoms in total. The number of carbonyl (C=O) groups excluding carboxylic acids is 5. The maximum atomic E-state index is 13.9. The van der Waals surface area contributed by atoms with E-state index in [2.05, 4.69) is 16.0 Å². The standard InChI is InChI=1S/C31H44N4O6/c1-21(36)26(37)16-8-3-7-14-23-27(38)34-31(17-9-4-10-18-31)30(41)33-24(20-22-12-5-2-6-13-22)29(40)35-19-11-15-25(35)28(39)32-23/h2,5-6,12-13,21,23-25,36H,3-4,7-11,14-20H2,1H3,(H,32,39)(H,33,41)(H,34,38)/t21-,23-,24-,25-/m0/s1. The van der Waals surface area contributed by atoms with Gasteiger partial charge in [-0.25, -0.2) is 0 Å². The van der Waals surface area contributed by atoms with Crippen molar-refractivity contribution in [3.05, 3.63) is 35.9 Å². The molecular weight excluding hydrogens is 524 g/mol. The van der Waals surface area contributed by atoms with Crippen molar-refractivity contribution in [1.82, 2.24) is 20.9 Å². The van der Waals surface area contributed by atoms with Crippen LogP contribution in [-0.2, 0) is 30.4 Å². The molecule has 2 saturated heterocycles. The molecule has 3 fully saturated rings. The molecule has 0 bridgehead atoms. The third-order valence-corrected chi connectivity index (χ3v) is 8.74. The molecule has 1 saturated carbocycles. The van der Waals surface area contributed by atoms with Gasteiger partial charge in [0.15, 0.2) is 5.78 Å². The largest absolute Gasteiger partial charge is 0.386 e. The van der Waals surface area contributed by atoms with Crippen molar-refractivity contribution in [2.24, 2.45) is 0 Å². The van der Waals surface area contributed by atoms with Crippen LogP contribution in [0, 0.1) is 0 Å². The molecular formula is C31H44N4O6. The van der Waals surface area contributed by atoms with E-state index in [0.29, 0.717) is 64.3 Å². The Kier molecular flexibility index (Phi) is 10.5. The summed E-state index contributed by atoms with van der Waals surface area (Å²) in [5.74, 6) is -1.60. The first-order valence-corrected chi connectivity index (χ1v) is 15.2. The van der Waals surface area contributed by atoms with Crippen molar-refractivity contribution in [2.45, 2.75) is 120 Å². The van der Waals surface area contributed by atoms with E-state index in [4.69, 9.17) is 0 Å². The number of amides is 4. The van der Waals surface area contributed by atoms with E-state index in [0.717, 1.165) is 24.8 Å². The number of aliphatic hydroxyl groups excluding tert-OH is 1. The molecule has 1 aliphatic carbocycles. The molecule has 4 atom stereocenters. The molecule has 0 unspecified atom stereocenters. The van der Waals surface area contributed by atoms with Gasteiger partial charge in [-0.05, 0) is 51.0 Å². The minimum absolute atomic E-state index is 0.219. The van der Waals surface area contributed by atoms with Crippen molar-refractivity contribution in [2.75, 3.05) is 6.54 Å². The molecule has 4 rings (SSSR count). The number of benzene rings is 1. The van der Waals surface area contributed by atoms with E-state index in [-0.39, 0.29) is 29.9 Å². The number of nitrogens with zero attached hydrogens (tertiary/aromatic N) is 1. The Balaban J connectivity index is 1.57. The summed E-state index contributed by atoms with van der Waals surface area (Å²) in [6.07, 6.45) is 6.28. The number of carbonyl (C=O) groups is 5. The minimum atomic E-state index is -1.15. The van der Waals surface area contributed by atoms with Crippen LogP contribution < -0.4 is 16.0 Å². The average molecular weight is 569 g/mol. The quantitative estimate of drug-likeness (QED) is 0.335. The first-order chi connectivity index (χ1) is 19.7. The summed E-state index contributed by atoms with van der Waals surface area (Å²) in [6, 6.07) is 7.06. The third kappa shape index (κ3) is 7.72. The lowest BCUT2D eigenvalue weighted by Crippen LogP contribution is -2.67. The molecule has 224 valence electrons. The average Bonchev–Trinajstić information content (AvgIpc) is 3.46. The normalized spacial score (nSPS) is 25.8. The lowest BCUT2D eigenvalue weighted by molar-refractivity contribution is -0.145. The maximum absolute atomic E-state index is 13.9. The Morgan fingerprint density at radius 3 is 2.39 bits per heavy atom. The van der Waals surface area contributed by atoms with Crippen LogP contribution >= 0.6 is 0 Å². The zero-order valence-electron chi connectivity index (χ0n) is 24.0. The molecule has 2 heterocycles. The lowest BCUT2D eigenvalue weighted by Gasteiger charge is -2.40. The minimum Gasteiger partial charge on any atom is -0.386 e. The molecule has 1 aromatic rings. The highest BCUT2D eigenvalue weighted by molar-refractivity contribution is 5.99. The second-order valence-corrected chi connectivity index (χ2v) is 11.8. The molecule has 1 spiro atoms. The van der Waals surface area contributed by atoms with E-state index in [1.807, 2.05) is 30.3 Å². The van der Waals surface area contributed by atoms with Gasteiger partial charge in [0.1, 0.15) is 29.8 Å². The number of fused-ring (bicyclic) bond motifs is 1. The number of Topliss-reactive ketones (excluding diaryl/α,β-unsaturated/α-hetero) is 1. The monoisotopic (exact) mass is 568 g/mol. The maximum Gasteiger partial charge on any atom is 0.246 e. The molecule has 4 N–H and O–H groups in total. The second-order valence-electron chi connectivity index (χ2n) is 11.8. The van der Waals surface area contributed by atoms with Crippen LogP contribution in [0.2, 0.25) is 0 Å². The summed E-state index contributed by atoms with van der Waals surface area (Å²) >= 11 is 0. The van der Waals surface area contributed by atoms with Gasteiger partial charge in [-0.15, -0.1) is 0 Å². The van der Waals surface area contributed by atoms with Crippen LogP contribution in [0.3, 0.4) is 0 Å². The molecule has 0 aromatic heterocycles. The van der Waals surface area contributed by atoms with Gasteiger partial charge < -0.3 is 26.0 Å². The van der Waals surface area contributed by atoms with Gasteiger partial charge in [-0.3, -0.25) is 24.0 Å². The van der Waals surface area contributed by atoms with Gasteiger partial charge in [0.25, 0.3) is 0 Å². The molecule has 10 heteroatoms. The number of rotatable bonds is 9. The van der Waals surface area contributed by atoms with Crippen LogP contribution in [0.25, 0.3) is 0 Å². The van der Waals surface area contributed by atoms with E-state index in [1.54, 1.807) is 4.90 Å². The predicted molar refractivity (Wildman–Crippen MR) is 152 cm³/mol. The van der Waals surface area contributed by atoms with Crippen molar-refractivity contribution >= 4 is 29.4 Å². The van der Waals surface area contributed by atoms with Crippen molar-refractivity contribution in [3.8, 4) is 0 Å². The Hall–Kier alpha value is -3.27. The van der Waals surface area contributed by atoms with Crippen molar-refractivity contribution in [1.29, 1.82) is 0 Å². The van der Waals surface area contributed by atoms with E-state index < -0.39 is 35.7 Å². The highest BCUT2D eigenvalue weighted by atomic mass is 16.3. The predicted octanol–water partition coefficient (Wildman–Crippen LogP) is 1.92. The van der Waals surface area contributed by atoms with Gasteiger partial charge in [0, 0.05) is 19.4 Å². The van der Waals surface area contributed by atoms with Gasteiger partial charge in [-0.2, -0.15) is 0 Å². The summed E-state index contributed by atoms with van der Waals surface area (Å²) in [5, 5.41) is 18.4. The number of nitrogens with one attached hydrogen (secondary N) is 3. The van der Waals surface area contributed by atoms with Gasteiger partial charge >= 0.3 is 0 Å². The van der Waals surface area contributed by atoms with E-state index in [9.17, 15) is 29.1 Å². The van der Waals surface area contributed by atoms with Gasteiger partial charge in [-0.1, -0.05) is 62.4 Å². The van der Waals surface area contributed by atoms with Crippen molar-refractivity contribution < 1.29 is 29.1 Å². The topological polar surface area (TPSA) is 145 Å². The molecule has 3 aliphatic rings. The fourth-order valence-electron chi connectivity index (χ4n) is 6.31. The number of unbranched alkanes of at least 4 members (excludes halogenated alkanes) is 2. The van der Waals surface area contributed by atoms with Gasteiger partial charge in [0.2, 0.25) is 23.6 Å². The fraction of sp³-hybridized carbons (Fsp3) is 0.645. The van der Waals surface area contributed by atoms with Gasteiger partial charge in [0.05, 0.1) is 0 Å². The van der Waals surface area contributed by atoms with Crippen LogP contribution in [0.4, 0.5) is 0 Å². The zero-order valence-corrected chi connectivity index (χ0v) is 24.0. The van der Waals surface area contributed by atoms with E-state index in [1.165, 1.54) is 6.92 Å². The Morgan fingerprint density at radius 1 is 0.951 bits per heavy atom. The second kappa shape index (κ2) is 14.1. The van der Waals surface area contributed by atoms with Crippen LogP contribution in [0.1, 0.15) is 89.5 Å². The summed E-state index contributed by atoms with van der Waals surface area (Å²) in [5.41, 5.74) is -0.253. The third-order valence-electron chi connectivity index (χ3n) is 8.74. The summed E-state index contributed by atoms with van der Waals surface area (Å²) in [7, 11) is 0. The fourth-order valence-corrected chi connectivity index (χ4v) is 6.31. The first kappa shape index (κ1) is 30.7. The zero-order chi connectivity index (χ0) is 29.4. The molecule has 2 aliphatic heterocycles. The Labute approximate surface area is 242 Å². The molecule has 4 amide bonds. The Morgan fingerprint density at radius 2 is 1.68 bits per heavy atom. The summed E-state index contributed by atoms with van der Waals surface area (Å²) in [6.45, 7) is 1.86. The Bertz CT molecular complexity index is 1100. The number of hydrogen-bond donors (Lipinski definition) is 4. The van der Waals surface area contributed by atoms with Crippen LogP contribution in [0.5, 0.6) is 0 Å². The SMILES string of the molecule is C[C@H](O)C(=O)CCCCC[C@@H]1NC(=O)[C@@H]2CCCN2C(=O)[C@H](Cc2ccccc2)NC(=O)C2(CCCCC2)NC1=O. The number of ketones is 1. The number of hydrogen-bond acceptors (Lipinski definition) is 6. The first-order valence-electron chi connectivity index (χ1n) is 15.2. The highest BCUT2D eigenvalue weighted by Crippen LogP contribution is 2.30. The summed E-state index contributed by atoms with van der Waals surface area (Å²) < 4.78 is 0. The molecule has 0 radical (unpaired) electrons. The summed E-state index contributed by atoms with van der Waals surface area (Å²) in [4.78, 5) is 68.4. The van der Waals surface area contributed by atoms with Crippen LogP contribution in [0.15, 0.2) is 30.3 Å². The molecule has 41 heavy (non-hydrogen) atoms. The van der Waals surface area contributed by atoms with Crippen LogP contribution in [-0.4, -0.2) is 75.7 Å². The van der Waals surface area contributed by atoms with Crippen molar-refractivity contribution in [3.63, 3.8) is 0 Å². The molecule has 1 aromatic carbocycles. The smallest absolute Gasteiger partial charge is 0.246 e. The highest BCUT2D eigenvalue weighted by Gasteiger charge is 2.46. The number of aliphatic hydroxyl groups is 1.